The van der Waals surface area contributed by atoms with Crippen LogP contribution >= 0.6 is 45.8 Å². The summed E-state index contributed by atoms with van der Waals surface area (Å²) in [4.78, 5) is 0. The SMILES string of the molecule is ClCC(Cc1ccc(I)cc1)c1cccc(Cl)c1. The fourth-order valence-corrected chi connectivity index (χ4v) is 2.77. The molecule has 0 saturated carbocycles. The van der Waals surface area contributed by atoms with Gasteiger partial charge in [-0.15, -0.1) is 11.6 Å². The Labute approximate surface area is 131 Å². The molecule has 0 nitrogen and oxygen atoms in total. The van der Waals surface area contributed by atoms with Crippen LogP contribution < -0.4 is 0 Å². The van der Waals surface area contributed by atoms with Crippen molar-refractivity contribution < 1.29 is 0 Å². The van der Waals surface area contributed by atoms with Crippen molar-refractivity contribution in [2.24, 2.45) is 0 Å². The Morgan fingerprint density at radius 3 is 2.39 bits per heavy atom. The van der Waals surface area contributed by atoms with E-state index in [0.29, 0.717) is 11.8 Å². The first kappa shape index (κ1) is 14.2. The largest absolute Gasteiger partial charge is 0.126 e. The molecule has 0 aromatic heterocycles. The average molecular weight is 391 g/mol. The lowest BCUT2D eigenvalue weighted by atomic mass is 9.94. The third kappa shape index (κ3) is 3.87. The van der Waals surface area contributed by atoms with Gasteiger partial charge in [-0.05, 0) is 64.4 Å². The third-order valence-corrected chi connectivity index (χ3v) is 4.23. The van der Waals surface area contributed by atoms with Crippen LogP contribution in [-0.4, -0.2) is 5.88 Å². The zero-order chi connectivity index (χ0) is 13.0. The lowest BCUT2D eigenvalue weighted by molar-refractivity contribution is 0.766. The van der Waals surface area contributed by atoms with Gasteiger partial charge in [0.2, 0.25) is 0 Å². The monoisotopic (exact) mass is 390 g/mol. The highest BCUT2D eigenvalue weighted by Crippen LogP contribution is 2.25. The summed E-state index contributed by atoms with van der Waals surface area (Å²) in [5, 5.41) is 0.769. The Morgan fingerprint density at radius 2 is 1.78 bits per heavy atom. The van der Waals surface area contributed by atoms with Crippen molar-refractivity contribution in [2.45, 2.75) is 12.3 Å². The van der Waals surface area contributed by atoms with Crippen LogP contribution in [0.3, 0.4) is 0 Å². The summed E-state index contributed by atoms with van der Waals surface area (Å²) in [5.41, 5.74) is 2.51. The molecule has 0 fully saturated rings. The molecule has 0 aliphatic rings. The zero-order valence-electron chi connectivity index (χ0n) is 9.74. The Bertz CT molecular complexity index is 508. The van der Waals surface area contributed by atoms with E-state index in [1.807, 2.05) is 18.2 Å². The van der Waals surface area contributed by atoms with Crippen LogP contribution in [0, 0.1) is 3.57 Å². The van der Waals surface area contributed by atoms with E-state index in [1.165, 1.54) is 14.7 Å². The van der Waals surface area contributed by atoms with E-state index < -0.39 is 0 Å². The van der Waals surface area contributed by atoms with Crippen LogP contribution in [0.25, 0.3) is 0 Å². The molecule has 0 heterocycles. The molecule has 1 unspecified atom stereocenters. The predicted octanol–water partition coefficient (Wildman–Crippen LogP) is 5.51. The van der Waals surface area contributed by atoms with Gasteiger partial charge in [0, 0.05) is 20.4 Å². The summed E-state index contributed by atoms with van der Waals surface area (Å²) in [6.45, 7) is 0. The molecule has 18 heavy (non-hydrogen) atoms. The van der Waals surface area contributed by atoms with E-state index in [1.54, 1.807) is 0 Å². The van der Waals surface area contributed by atoms with E-state index in [4.69, 9.17) is 23.2 Å². The molecule has 2 aromatic carbocycles. The molecule has 1 atom stereocenters. The van der Waals surface area contributed by atoms with Gasteiger partial charge in [0.05, 0.1) is 0 Å². The topological polar surface area (TPSA) is 0 Å². The Hall–Kier alpha value is -0.250. The molecule has 0 aliphatic heterocycles. The average Bonchev–Trinajstić information content (AvgIpc) is 2.38. The van der Waals surface area contributed by atoms with Crippen molar-refractivity contribution in [3.05, 3.63) is 68.3 Å². The zero-order valence-corrected chi connectivity index (χ0v) is 13.4. The summed E-state index contributed by atoms with van der Waals surface area (Å²) in [6.07, 6.45) is 0.945. The van der Waals surface area contributed by atoms with E-state index in [0.717, 1.165) is 11.4 Å². The first-order valence-corrected chi connectivity index (χ1v) is 7.74. The highest BCUT2D eigenvalue weighted by atomic mass is 127. The van der Waals surface area contributed by atoms with E-state index in [9.17, 15) is 0 Å². The van der Waals surface area contributed by atoms with Gasteiger partial charge in [-0.2, -0.15) is 0 Å². The molecule has 0 aliphatic carbocycles. The minimum atomic E-state index is 0.311. The number of rotatable bonds is 4. The number of benzene rings is 2. The number of alkyl halides is 1. The van der Waals surface area contributed by atoms with Gasteiger partial charge in [-0.3, -0.25) is 0 Å². The summed E-state index contributed by atoms with van der Waals surface area (Å²) >= 11 is 14.4. The quantitative estimate of drug-likeness (QED) is 0.477. The molecule has 94 valence electrons. The van der Waals surface area contributed by atoms with Gasteiger partial charge in [0.1, 0.15) is 0 Å². The van der Waals surface area contributed by atoms with Crippen LogP contribution in [0.5, 0.6) is 0 Å². The smallest absolute Gasteiger partial charge is 0.0408 e. The summed E-state index contributed by atoms with van der Waals surface area (Å²) in [6, 6.07) is 16.5. The number of hydrogen-bond acceptors (Lipinski definition) is 0. The lowest BCUT2D eigenvalue weighted by Gasteiger charge is -2.15. The molecule has 0 bridgehead atoms. The highest BCUT2D eigenvalue weighted by Gasteiger charge is 2.11. The van der Waals surface area contributed by atoms with Crippen LogP contribution in [-0.2, 0) is 6.42 Å². The second kappa shape index (κ2) is 6.78. The van der Waals surface area contributed by atoms with Crippen molar-refractivity contribution in [3.63, 3.8) is 0 Å². The maximum Gasteiger partial charge on any atom is 0.0408 e. The summed E-state index contributed by atoms with van der Waals surface area (Å²) < 4.78 is 1.25. The minimum absolute atomic E-state index is 0.311. The number of halogens is 3. The normalized spacial score (nSPS) is 12.4. The molecule has 2 aromatic rings. The second-order valence-electron chi connectivity index (χ2n) is 4.24. The van der Waals surface area contributed by atoms with E-state index >= 15 is 0 Å². The van der Waals surface area contributed by atoms with Crippen molar-refractivity contribution in [1.29, 1.82) is 0 Å². The standard InChI is InChI=1S/C15H13Cl2I/c16-10-13(12-2-1-3-14(17)9-12)8-11-4-6-15(18)7-5-11/h1-7,9,13H,8,10H2. The Balaban J connectivity index is 2.17. The Morgan fingerprint density at radius 1 is 1.06 bits per heavy atom. The molecule has 3 heteroatoms. The molecule has 0 amide bonds. The van der Waals surface area contributed by atoms with Gasteiger partial charge < -0.3 is 0 Å². The van der Waals surface area contributed by atoms with Crippen LogP contribution in [0.15, 0.2) is 48.5 Å². The van der Waals surface area contributed by atoms with Crippen LogP contribution in [0.2, 0.25) is 5.02 Å². The Kier molecular flexibility index (Phi) is 5.34. The van der Waals surface area contributed by atoms with Gasteiger partial charge in [-0.1, -0.05) is 35.9 Å². The van der Waals surface area contributed by atoms with Crippen molar-refractivity contribution in [1.82, 2.24) is 0 Å². The molecular formula is C15H13Cl2I. The molecule has 2 rings (SSSR count). The van der Waals surface area contributed by atoms with Crippen molar-refractivity contribution in [2.75, 3.05) is 5.88 Å². The fraction of sp³-hybridized carbons (Fsp3) is 0.200. The molecular weight excluding hydrogens is 378 g/mol. The van der Waals surface area contributed by atoms with E-state index in [2.05, 4.69) is 52.9 Å². The molecule has 0 radical (unpaired) electrons. The molecule has 0 spiro atoms. The second-order valence-corrected chi connectivity index (χ2v) is 6.23. The minimum Gasteiger partial charge on any atom is -0.126 e. The summed E-state index contributed by atoms with van der Waals surface area (Å²) in [7, 11) is 0. The third-order valence-electron chi connectivity index (χ3n) is 2.90. The van der Waals surface area contributed by atoms with Crippen molar-refractivity contribution >= 4 is 45.8 Å². The van der Waals surface area contributed by atoms with Gasteiger partial charge in [-0.25, -0.2) is 0 Å². The highest BCUT2D eigenvalue weighted by molar-refractivity contribution is 14.1. The predicted molar refractivity (Wildman–Crippen MR) is 87.8 cm³/mol. The van der Waals surface area contributed by atoms with E-state index in [-0.39, 0.29) is 0 Å². The number of hydrogen-bond donors (Lipinski definition) is 0. The van der Waals surface area contributed by atoms with Gasteiger partial charge >= 0.3 is 0 Å². The maximum absolute atomic E-state index is 6.09. The summed E-state index contributed by atoms with van der Waals surface area (Å²) in [5.74, 6) is 0.914. The van der Waals surface area contributed by atoms with Crippen LogP contribution in [0.1, 0.15) is 17.0 Å². The van der Waals surface area contributed by atoms with Crippen molar-refractivity contribution in [3.8, 4) is 0 Å². The van der Waals surface area contributed by atoms with Gasteiger partial charge in [0.25, 0.3) is 0 Å². The molecule has 0 saturated heterocycles. The first-order chi connectivity index (χ1) is 8.69. The fourth-order valence-electron chi connectivity index (χ4n) is 1.93. The van der Waals surface area contributed by atoms with Gasteiger partial charge in [0.15, 0.2) is 0 Å². The lowest BCUT2D eigenvalue weighted by Crippen LogP contribution is -2.04. The first-order valence-electron chi connectivity index (χ1n) is 5.75. The van der Waals surface area contributed by atoms with Crippen LogP contribution in [0.4, 0.5) is 0 Å². The molecule has 0 N–H and O–H groups in total. The maximum atomic E-state index is 6.09.